The lowest BCUT2D eigenvalue weighted by molar-refractivity contribution is 0.376. The molecule has 15 heavy (non-hydrogen) atoms. The van der Waals surface area contributed by atoms with Gasteiger partial charge in [-0.3, -0.25) is 0 Å². The van der Waals surface area contributed by atoms with E-state index in [4.69, 9.17) is 0 Å². The van der Waals surface area contributed by atoms with Gasteiger partial charge in [-0.2, -0.15) is 0 Å². The summed E-state index contributed by atoms with van der Waals surface area (Å²) in [5.74, 6) is -1.07. The van der Waals surface area contributed by atoms with Gasteiger partial charge in [0.25, 0.3) is 0 Å². The number of benzene rings is 1. The molecule has 0 aliphatic rings. The molecule has 84 valence electrons. The molecule has 0 radical (unpaired) electrons. The third kappa shape index (κ3) is 3.96. The molecule has 1 aromatic carbocycles. The highest BCUT2D eigenvalue weighted by atomic mass is 19.1. The molecule has 0 aliphatic heterocycles. The van der Waals surface area contributed by atoms with Crippen molar-refractivity contribution in [2.75, 3.05) is 0 Å². The highest BCUT2D eigenvalue weighted by molar-refractivity contribution is 5.21. The van der Waals surface area contributed by atoms with Crippen LogP contribution in [-0.2, 0) is 0 Å². The maximum Gasteiger partial charge on any atom is 0.126 e. The fourth-order valence-corrected chi connectivity index (χ4v) is 1.56. The van der Waals surface area contributed by atoms with Gasteiger partial charge in [0.2, 0.25) is 0 Å². The molecule has 1 rings (SSSR count). The van der Waals surface area contributed by atoms with Gasteiger partial charge in [-0.1, -0.05) is 0 Å². The second-order valence-corrected chi connectivity index (χ2v) is 4.82. The first-order chi connectivity index (χ1) is 6.78. The summed E-state index contributed by atoms with van der Waals surface area (Å²) in [7, 11) is 0. The van der Waals surface area contributed by atoms with Crippen molar-refractivity contribution in [1.29, 1.82) is 0 Å². The summed E-state index contributed by atoms with van der Waals surface area (Å²) in [5.41, 5.74) is 0.546. The van der Waals surface area contributed by atoms with Crippen LogP contribution in [0.4, 0.5) is 8.78 Å². The number of halogens is 2. The van der Waals surface area contributed by atoms with Crippen LogP contribution in [0.2, 0.25) is 0 Å². The highest BCUT2D eigenvalue weighted by Crippen LogP contribution is 2.18. The topological polar surface area (TPSA) is 12.0 Å². The van der Waals surface area contributed by atoms with E-state index in [-0.39, 0.29) is 11.6 Å². The Morgan fingerprint density at radius 3 is 1.93 bits per heavy atom. The van der Waals surface area contributed by atoms with Crippen molar-refractivity contribution >= 4 is 0 Å². The van der Waals surface area contributed by atoms with E-state index in [9.17, 15) is 8.78 Å². The van der Waals surface area contributed by atoms with E-state index in [1.807, 2.05) is 27.7 Å². The lowest BCUT2D eigenvalue weighted by Crippen LogP contribution is -2.37. The van der Waals surface area contributed by atoms with Gasteiger partial charge in [-0.05, 0) is 45.4 Å². The molecule has 0 amide bonds. The first-order valence-corrected chi connectivity index (χ1v) is 5.01. The molecule has 0 saturated heterocycles. The van der Waals surface area contributed by atoms with E-state index < -0.39 is 11.6 Å². The van der Waals surface area contributed by atoms with Gasteiger partial charge in [0.15, 0.2) is 0 Å². The van der Waals surface area contributed by atoms with E-state index >= 15 is 0 Å². The summed E-state index contributed by atoms with van der Waals surface area (Å²) in [6, 6.07) is 3.52. The SMILES string of the molecule is C[C@@H](NC(C)(C)C)c1cc(F)cc(F)c1. The Hall–Kier alpha value is -0.960. The first-order valence-electron chi connectivity index (χ1n) is 5.01. The van der Waals surface area contributed by atoms with E-state index in [1.54, 1.807) is 0 Å². The van der Waals surface area contributed by atoms with Gasteiger partial charge < -0.3 is 5.32 Å². The van der Waals surface area contributed by atoms with Crippen LogP contribution in [0.3, 0.4) is 0 Å². The van der Waals surface area contributed by atoms with Crippen LogP contribution in [0.1, 0.15) is 39.3 Å². The zero-order chi connectivity index (χ0) is 11.6. The summed E-state index contributed by atoms with van der Waals surface area (Å²) >= 11 is 0. The molecule has 0 aliphatic carbocycles. The second-order valence-electron chi connectivity index (χ2n) is 4.82. The van der Waals surface area contributed by atoms with Crippen molar-refractivity contribution in [3.63, 3.8) is 0 Å². The Morgan fingerprint density at radius 2 is 1.53 bits per heavy atom. The molecule has 1 nitrogen and oxygen atoms in total. The van der Waals surface area contributed by atoms with Crippen LogP contribution in [-0.4, -0.2) is 5.54 Å². The van der Waals surface area contributed by atoms with Crippen molar-refractivity contribution in [2.45, 2.75) is 39.3 Å². The molecule has 1 aromatic rings. The first kappa shape index (κ1) is 12.1. The Labute approximate surface area is 89.5 Å². The van der Waals surface area contributed by atoms with E-state index in [2.05, 4.69) is 5.32 Å². The van der Waals surface area contributed by atoms with Crippen molar-refractivity contribution in [2.24, 2.45) is 0 Å². The minimum atomic E-state index is -0.535. The predicted molar refractivity (Wildman–Crippen MR) is 57.7 cm³/mol. The molecule has 0 heterocycles. The van der Waals surface area contributed by atoms with Crippen molar-refractivity contribution in [3.05, 3.63) is 35.4 Å². The normalized spacial score (nSPS) is 14.0. The monoisotopic (exact) mass is 213 g/mol. The van der Waals surface area contributed by atoms with Gasteiger partial charge >= 0.3 is 0 Å². The van der Waals surface area contributed by atoms with Gasteiger partial charge in [0.1, 0.15) is 11.6 Å². The van der Waals surface area contributed by atoms with E-state index in [1.165, 1.54) is 12.1 Å². The summed E-state index contributed by atoms with van der Waals surface area (Å²) in [6.45, 7) is 7.93. The lowest BCUT2D eigenvalue weighted by Gasteiger charge is -2.26. The van der Waals surface area contributed by atoms with Crippen molar-refractivity contribution in [1.82, 2.24) is 5.32 Å². The highest BCUT2D eigenvalue weighted by Gasteiger charge is 2.15. The molecule has 0 saturated carbocycles. The van der Waals surface area contributed by atoms with E-state index in [0.717, 1.165) is 6.07 Å². The van der Waals surface area contributed by atoms with Gasteiger partial charge in [-0.25, -0.2) is 8.78 Å². The molecule has 0 aromatic heterocycles. The number of hydrogen-bond donors (Lipinski definition) is 1. The van der Waals surface area contributed by atoms with Gasteiger partial charge in [-0.15, -0.1) is 0 Å². The van der Waals surface area contributed by atoms with Gasteiger partial charge in [0.05, 0.1) is 0 Å². The summed E-state index contributed by atoms with van der Waals surface area (Å²) < 4.78 is 25.9. The quantitative estimate of drug-likeness (QED) is 0.793. The van der Waals surface area contributed by atoms with Crippen LogP contribution >= 0.6 is 0 Å². The maximum absolute atomic E-state index is 13.0. The zero-order valence-electron chi connectivity index (χ0n) is 9.57. The summed E-state index contributed by atoms with van der Waals surface area (Å²) in [6.07, 6.45) is 0. The van der Waals surface area contributed by atoms with E-state index in [0.29, 0.717) is 5.56 Å². The second kappa shape index (κ2) is 4.27. The Kier molecular flexibility index (Phi) is 3.45. The van der Waals surface area contributed by atoms with Crippen LogP contribution in [0.15, 0.2) is 18.2 Å². The van der Waals surface area contributed by atoms with Crippen molar-refractivity contribution in [3.8, 4) is 0 Å². The molecule has 3 heteroatoms. The molecule has 0 fully saturated rings. The average molecular weight is 213 g/mol. The Morgan fingerprint density at radius 1 is 1.07 bits per heavy atom. The molecular formula is C12H17F2N. The van der Waals surface area contributed by atoms with Crippen LogP contribution < -0.4 is 5.32 Å². The number of hydrogen-bond acceptors (Lipinski definition) is 1. The molecule has 0 bridgehead atoms. The molecule has 1 atom stereocenters. The standard InChI is InChI=1S/C12H17F2N/c1-8(15-12(2,3)4)9-5-10(13)7-11(14)6-9/h5-8,15H,1-4H3/t8-/m1/s1. The Balaban J connectivity index is 2.86. The third-order valence-corrected chi connectivity index (χ3v) is 2.03. The number of rotatable bonds is 2. The molecule has 1 N–H and O–H groups in total. The van der Waals surface area contributed by atoms with Crippen LogP contribution in [0.25, 0.3) is 0 Å². The minimum absolute atomic E-state index is 0.0739. The van der Waals surface area contributed by atoms with Gasteiger partial charge in [0, 0.05) is 17.6 Å². The van der Waals surface area contributed by atoms with Crippen LogP contribution in [0.5, 0.6) is 0 Å². The molecular weight excluding hydrogens is 196 g/mol. The Bertz CT molecular complexity index is 322. The number of nitrogens with one attached hydrogen (secondary N) is 1. The summed E-state index contributed by atoms with van der Waals surface area (Å²) in [4.78, 5) is 0. The van der Waals surface area contributed by atoms with Crippen molar-refractivity contribution < 1.29 is 8.78 Å². The summed E-state index contributed by atoms with van der Waals surface area (Å²) in [5, 5.41) is 3.26. The predicted octanol–water partition coefficient (Wildman–Crippen LogP) is 3.41. The maximum atomic E-state index is 13.0. The largest absolute Gasteiger partial charge is 0.306 e. The fraction of sp³-hybridized carbons (Fsp3) is 0.500. The minimum Gasteiger partial charge on any atom is -0.306 e. The fourth-order valence-electron chi connectivity index (χ4n) is 1.56. The smallest absolute Gasteiger partial charge is 0.126 e. The lowest BCUT2D eigenvalue weighted by atomic mass is 10.0. The molecule has 0 spiro atoms. The zero-order valence-corrected chi connectivity index (χ0v) is 9.57. The molecule has 0 unspecified atom stereocenters. The third-order valence-electron chi connectivity index (χ3n) is 2.03. The average Bonchev–Trinajstić information content (AvgIpc) is 1.98. The van der Waals surface area contributed by atoms with Crippen LogP contribution in [0, 0.1) is 11.6 Å².